The van der Waals surface area contributed by atoms with Gasteiger partial charge in [0, 0.05) is 25.7 Å². The molecule has 1 aliphatic rings. The average Bonchev–Trinajstić information content (AvgIpc) is 2.41. The van der Waals surface area contributed by atoms with Gasteiger partial charge in [-0.2, -0.15) is 0 Å². The lowest BCUT2D eigenvalue weighted by Crippen LogP contribution is -2.42. The van der Waals surface area contributed by atoms with Crippen molar-refractivity contribution < 1.29 is 19.0 Å². The second-order valence-corrected chi connectivity index (χ2v) is 5.31. The van der Waals surface area contributed by atoms with E-state index in [9.17, 15) is 9.50 Å². The number of hydrogen-bond acceptors (Lipinski definition) is 4. The van der Waals surface area contributed by atoms with E-state index in [2.05, 4.69) is 20.8 Å². The van der Waals surface area contributed by atoms with Crippen LogP contribution in [-0.2, 0) is 4.74 Å². The van der Waals surface area contributed by atoms with Crippen LogP contribution in [0, 0.1) is 5.82 Å². The van der Waals surface area contributed by atoms with Crippen LogP contribution in [0.5, 0.6) is 5.75 Å². The van der Waals surface area contributed by atoms with Crippen LogP contribution in [-0.4, -0.2) is 55.6 Å². The maximum Gasteiger partial charge on any atom is 0.136 e. The number of ether oxygens (including phenoxy) is 2. The maximum absolute atomic E-state index is 13.1. The van der Waals surface area contributed by atoms with Crippen molar-refractivity contribution in [3.63, 3.8) is 0 Å². The van der Waals surface area contributed by atoms with Gasteiger partial charge in [0.25, 0.3) is 0 Å². The number of benzene rings is 1. The standard InChI is InChI=1S/C13H17BrFNO3/c14-12-2-1-10(15)7-13(12)19-9-11(17)8-16-3-5-18-6-4-16/h1-2,7,11,17H,3-6,8-9H2. The van der Waals surface area contributed by atoms with Crippen molar-refractivity contribution in [3.8, 4) is 5.75 Å². The molecule has 1 saturated heterocycles. The first-order chi connectivity index (χ1) is 9.15. The maximum atomic E-state index is 13.1. The molecule has 1 aliphatic heterocycles. The molecule has 2 rings (SSSR count). The summed E-state index contributed by atoms with van der Waals surface area (Å²) in [5, 5.41) is 9.91. The first-order valence-corrected chi connectivity index (χ1v) is 7.00. The van der Waals surface area contributed by atoms with Crippen LogP contribution in [0.4, 0.5) is 4.39 Å². The van der Waals surface area contributed by atoms with Gasteiger partial charge in [0.05, 0.1) is 17.7 Å². The zero-order chi connectivity index (χ0) is 13.7. The highest BCUT2D eigenvalue weighted by Crippen LogP contribution is 2.25. The molecule has 1 aromatic rings. The van der Waals surface area contributed by atoms with Crippen LogP contribution in [0.1, 0.15) is 0 Å². The van der Waals surface area contributed by atoms with Crippen LogP contribution >= 0.6 is 15.9 Å². The third-order valence-electron chi connectivity index (χ3n) is 2.90. The smallest absolute Gasteiger partial charge is 0.136 e. The van der Waals surface area contributed by atoms with E-state index >= 15 is 0 Å². The molecule has 0 aliphatic carbocycles. The molecular weight excluding hydrogens is 317 g/mol. The van der Waals surface area contributed by atoms with Crippen molar-refractivity contribution in [3.05, 3.63) is 28.5 Å². The third-order valence-corrected chi connectivity index (χ3v) is 3.55. The van der Waals surface area contributed by atoms with Gasteiger partial charge in [-0.05, 0) is 28.1 Å². The number of aliphatic hydroxyl groups excluding tert-OH is 1. The molecule has 1 atom stereocenters. The normalized spacial score (nSPS) is 18.3. The zero-order valence-corrected chi connectivity index (χ0v) is 12.1. The molecule has 0 aromatic heterocycles. The molecule has 6 heteroatoms. The highest BCUT2D eigenvalue weighted by molar-refractivity contribution is 9.10. The third kappa shape index (κ3) is 4.72. The van der Waals surface area contributed by atoms with Gasteiger partial charge in [0.1, 0.15) is 24.3 Å². The molecule has 1 fully saturated rings. The van der Waals surface area contributed by atoms with E-state index in [0.29, 0.717) is 30.0 Å². The summed E-state index contributed by atoms with van der Waals surface area (Å²) in [6.45, 7) is 3.71. The Bertz CT molecular complexity index is 413. The molecule has 1 N–H and O–H groups in total. The van der Waals surface area contributed by atoms with E-state index in [1.54, 1.807) is 6.07 Å². The van der Waals surface area contributed by atoms with Crippen LogP contribution in [0.25, 0.3) is 0 Å². The van der Waals surface area contributed by atoms with Gasteiger partial charge >= 0.3 is 0 Å². The Hall–Kier alpha value is -0.690. The number of β-amino-alcohol motifs (C(OH)–C–C–N with tert-alkyl or cyclic N) is 1. The summed E-state index contributed by atoms with van der Waals surface area (Å²) in [6, 6.07) is 4.23. The Kier molecular flexibility index (Phi) is 5.57. The second kappa shape index (κ2) is 7.19. The molecule has 19 heavy (non-hydrogen) atoms. The van der Waals surface area contributed by atoms with Gasteiger partial charge in [0.15, 0.2) is 0 Å². The van der Waals surface area contributed by atoms with Crippen molar-refractivity contribution in [2.24, 2.45) is 0 Å². The van der Waals surface area contributed by atoms with Crippen molar-refractivity contribution in [1.82, 2.24) is 4.90 Å². The van der Waals surface area contributed by atoms with Crippen LogP contribution in [0.15, 0.2) is 22.7 Å². The largest absolute Gasteiger partial charge is 0.490 e. The van der Waals surface area contributed by atoms with Gasteiger partial charge in [-0.25, -0.2) is 4.39 Å². The Balaban J connectivity index is 1.79. The second-order valence-electron chi connectivity index (χ2n) is 4.45. The number of aliphatic hydroxyl groups is 1. The number of morpholine rings is 1. The van der Waals surface area contributed by atoms with Gasteiger partial charge in [-0.15, -0.1) is 0 Å². The minimum absolute atomic E-state index is 0.138. The average molecular weight is 334 g/mol. The molecule has 1 unspecified atom stereocenters. The Labute approximate surface area is 120 Å². The number of halogens is 2. The fourth-order valence-electron chi connectivity index (χ4n) is 1.91. The van der Waals surface area contributed by atoms with Crippen LogP contribution in [0.2, 0.25) is 0 Å². The molecule has 1 aromatic carbocycles. The molecule has 0 bridgehead atoms. The number of rotatable bonds is 5. The van der Waals surface area contributed by atoms with Crippen molar-refractivity contribution >= 4 is 15.9 Å². The Morgan fingerprint density at radius 3 is 2.89 bits per heavy atom. The zero-order valence-electron chi connectivity index (χ0n) is 10.5. The lowest BCUT2D eigenvalue weighted by atomic mass is 10.3. The van der Waals surface area contributed by atoms with E-state index in [1.807, 2.05) is 0 Å². The Morgan fingerprint density at radius 2 is 2.16 bits per heavy atom. The molecule has 0 radical (unpaired) electrons. The van der Waals surface area contributed by atoms with E-state index in [0.717, 1.165) is 13.1 Å². The van der Waals surface area contributed by atoms with E-state index in [1.165, 1.54) is 12.1 Å². The first-order valence-electron chi connectivity index (χ1n) is 6.21. The van der Waals surface area contributed by atoms with Gasteiger partial charge < -0.3 is 14.6 Å². The highest BCUT2D eigenvalue weighted by atomic mass is 79.9. The monoisotopic (exact) mass is 333 g/mol. The fourth-order valence-corrected chi connectivity index (χ4v) is 2.27. The molecule has 0 amide bonds. The summed E-state index contributed by atoms with van der Waals surface area (Å²) in [5.74, 6) is 0.0434. The van der Waals surface area contributed by atoms with Gasteiger partial charge in [-0.1, -0.05) is 0 Å². The van der Waals surface area contributed by atoms with Crippen LogP contribution in [0.3, 0.4) is 0 Å². The summed E-state index contributed by atoms with van der Waals surface area (Å²) >= 11 is 3.28. The molecule has 0 spiro atoms. The topological polar surface area (TPSA) is 41.9 Å². The summed E-state index contributed by atoms with van der Waals surface area (Å²) in [6.07, 6.45) is -0.603. The minimum Gasteiger partial charge on any atom is -0.490 e. The Morgan fingerprint density at radius 1 is 1.42 bits per heavy atom. The van der Waals surface area contributed by atoms with E-state index in [-0.39, 0.29) is 12.4 Å². The van der Waals surface area contributed by atoms with E-state index in [4.69, 9.17) is 9.47 Å². The quantitative estimate of drug-likeness (QED) is 0.889. The van der Waals surface area contributed by atoms with Crippen molar-refractivity contribution in [1.29, 1.82) is 0 Å². The number of nitrogens with zero attached hydrogens (tertiary/aromatic N) is 1. The van der Waals surface area contributed by atoms with Gasteiger partial charge in [0.2, 0.25) is 0 Å². The summed E-state index contributed by atoms with van der Waals surface area (Å²) in [7, 11) is 0. The molecule has 106 valence electrons. The fraction of sp³-hybridized carbons (Fsp3) is 0.538. The van der Waals surface area contributed by atoms with Crippen molar-refractivity contribution in [2.75, 3.05) is 39.5 Å². The number of hydrogen-bond donors (Lipinski definition) is 1. The molecular formula is C13H17BrFNO3. The van der Waals surface area contributed by atoms with Crippen molar-refractivity contribution in [2.45, 2.75) is 6.10 Å². The summed E-state index contributed by atoms with van der Waals surface area (Å²) in [5.41, 5.74) is 0. The minimum atomic E-state index is -0.603. The lowest BCUT2D eigenvalue weighted by Gasteiger charge is -2.28. The first kappa shape index (κ1) is 14.7. The summed E-state index contributed by atoms with van der Waals surface area (Å²) < 4.78 is 24.4. The molecule has 0 saturated carbocycles. The lowest BCUT2D eigenvalue weighted by molar-refractivity contribution is 0.00456. The summed E-state index contributed by atoms with van der Waals surface area (Å²) in [4.78, 5) is 2.12. The highest BCUT2D eigenvalue weighted by Gasteiger charge is 2.15. The van der Waals surface area contributed by atoms with Crippen LogP contribution < -0.4 is 4.74 Å². The van der Waals surface area contributed by atoms with E-state index < -0.39 is 6.10 Å². The predicted octanol–water partition coefficient (Wildman–Crippen LogP) is 1.66. The molecule has 1 heterocycles. The van der Waals surface area contributed by atoms with Gasteiger partial charge in [-0.3, -0.25) is 4.90 Å². The predicted molar refractivity (Wildman–Crippen MR) is 72.9 cm³/mol. The SMILES string of the molecule is OC(COc1cc(F)ccc1Br)CN1CCOCC1. The molecule has 4 nitrogen and oxygen atoms in total.